The Bertz CT molecular complexity index is 739. The van der Waals surface area contributed by atoms with E-state index in [1.807, 2.05) is 28.9 Å². The summed E-state index contributed by atoms with van der Waals surface area (Å²) in [6.07, 6.45) is 5.66. The molecule has 5 heteroatoms. The molecule has 2 aliphatic rings. The summed E-state index contributed by atoms with van der Waals surface area (Å²) in [6, 6.07) is 9.57. The second-order valence-corrected chi connectivity index (χ2v) is 7.28. The lowest BCUT2D eigenvalue weighted by atomic mass is 9.98. The van der Waals surface area contributed by atoms with Crippen LogP contribution < -0.4 is 5.32 Å². The molecule has 1 amide bonds. The summed E-state index contributed by atoms with van der Waals surface area (Å²) in [4.78, 5) is 15.4. The monoisotopic (exact) mass is 326 g/mol. The molecular formula is C19H26N4O. The first-order valence-electron chi connectivity index (χ1n) is 9.15. The van der Waals surface area contributed by atoms with E-state index in [0.717, 1.165) is 36.7 Å². The van der Waals surface area contributed by atoms with Gasteiger partial charge < -0.3 is 10.2 Å². The van der Waals surface area contributed by atoms with E-state index in [2.05, 4.69) is 29.3 Å². The fourth-order valence-corrected chi connectivity index (χ4v) is 4.46. The maximum Gasteiger partial charge on any atom is 0.272 e. The molecule has 1 aromatic carbocycles. The molecule has 0 radical (unpaired) electrons. The summed E-state index contributed by atoms with van der Waals surface area (Å²) >= 11 is 0. The molecule has 2 fully saturated rings. The van der Waals surface area contributed by atoms with Gasteiger partial charge in [0.15, 0.2) is 5.69 Å². The Kier molecular flexibility index (Phi) is 4.04. The number of carbonyl (C=O) groups excluding carboxylic acids is 1. The summed E-state index contributed by atoms with van der Waals surface area (Å²) in [7, 11) is 2.22. The van der Waals surface area contributed by atoms with Gasteiger partial charge in [-0.2, -0.15) is 5.10 Å². The molecule has 2 aromatic rings. The third-order valence-electron chi connectivity index (χ3n) is 5.74. The molecule has 3 heterocycles. The first-order chi connectivity index (χ1) is 11.7. The first kappa shape index (κ1) is 15.6. The van der Waals surface area contributed by atoms with Crippen molar-refractivity contribution in [1.82, 2.24) is 20.0 Å². The molecule has 2 saturated heterocycles. The highest BCUT2D eigenvalue weighted by atomic mass is 16.2. The van der Waals surface area contributed by atoms with Gasteiger partial charge in [0.2, 0.25) is 0 Å². The number of hydrogen-bond donors (Lipinski definition) is 1. The SMILES string of the molecule is CCCn1nc(C(=O)NC2CC3CCC(C2)N3C)c2ccccc21. The predicted molar refractivity (Wildman–Crippen MR) is 95.1 cm³/mol. The Morgan fingerprint density at radius 1 is 1.25 bits per heavy atom. The molecule has 5 nitrogen and oxygen atoms in total. The highest BCUT2D eigenvalue weighted by Gasteiger charge is 2.39. The van der Waals surface area contributed by atoms with Gasteiger partial charge in [-0.1, -0.05) is 25.1 Å². The van der Waals surface area contributed by atoms with Crippen LogP contribution in [0.25, 0.3) is 10.9 Å². The lowest BCUT2D eigenvalue weighted by Gasteiger charge is -2.36. The van der Waals surface area contributed by atoms with Crippen molar-refractivity contribution in [3.8, 4) is 0 Å². The fourth-order valence-electron chi connectivity index (χ4n) is 4.46. The third-order valence-corrected chi connectivity index (χ3v) is 5.74. The molecule has 1 aromatic heterocycles. The lowest BCUT2D eigenvalue weighted by Crippen LogP contribution is -2.48. The lowest BCUT2D eigenvalue weighted by molar-refractivity contribution is 0.0878. The average Bonchev–Trinajstić information content (AvgIpc) is 3.02. The van der Waals surface area contributed by atoms with Crippen LogP contribution in [0.4, 0.5) is 0 Å². The van der Waals surface area contributed by atoms with Gasteiger partial charge in [-0.3, -0.25) is 9.48 Å². The zero-order valence-corrected chi connectivity index (χ0v) is 14.5. The van der Waals surface area contributed by atoms with Crippen LogP contribution in [-0.2, 0) is 6.54 Å². The molecule has 2 atom stereocenters. The summed E-state index contributed by atoms with van der Waals surface area (Å²) in [5.74, 6) is -0.0185. The molecule has 2 bridgehead atoms. The van der Waals surface area contributed by atoms with Gasteiger partial charge in [0, 0.05) is 30.1 Å². The summed E-state index contributed by atoms with van der Waals surface area (Å²) < 4.78 is 1.96. The molecule has 0 aliphatic carbocycles. The van der Waals surface area contributed by atoms with E-state index in [4.69, 9.17) is 0 Å². The van der Waals surface area contributed by atoms with Crippen molar-refractivity contribution >= 4 is 16.8 Å². The van der Waals surface area contributed by atoms with Crippen molar-refractivity contribution in [3.05, 3.63) is 30.0 Å². The van der Waals surface area contributed by atoms with Crippen LogP contribution in [0.1, 0.15) is 49.5 Å². The van der Waals surface area contributed by atoms with Gasteiger partial charge in [0.25, 0.3) is 5.91 Å². The molecule has 0 spiro atoms. The van der Waals surface area contributed by atoms with Crippen molar-refractivity contribution in [2.45, 2.75) is 63.7 Å². The second kappa shape index (κ2) is 6.20. The van der Waals surface area contributed by atoms with Gasteiger partial charge in [-0.05, 0) is 45.2 Å². The van der Waals surface area contributed by atoms with Gasteiger partial charge in [-0.15, -0.1) is 0 Å². The largest absolute Gasteiger partial charge is 0.348 e. The number of benzene rings is 1. The van der Waals surface area contributed by atoms with E-state index in [0.29, 0.717) is 17.8 Å². The molecule has 2 aliphatic heterocycles. The molecule has 0 saturated carbocycles. The topological polar surface area (TPSA) is 50.2 Å². The minimum Gasteiger partial charge on any atom is -0.348 e. The Labute approximate surface area is 143 Å². The minimum atomic E-state index is -0.0185. The molecule has 1 N–H and O–H groups in total. The number of carbonyl (C=O) groups is 1. The number of fused-ring (bicyclic) bond motifs is 3. The van der Waals surface area contributed by atoms with Crippen LogP contribution in [0.5, 0.6) is 0 Å². The van der Waals surface area contributed by atoms with Crippen molar-refractivity contribution < 1.29 is 4.79 Å². The number of amides is 1. The molecule has 24 heavy (non-hydrogen) atoms. The maximum atomic E-state index is 12.9. The number of para-hydroxylation sites is 1. The highest BCUT2D eigenvalue weighted by molar-refractivity contribution is 6.05. The Hall–Kier alpha value is -1.88. The van der Waals surface area contributed by atoms with Gasteiger partial charge in [0.05, 0.1) is 5.52 Å². The predicted octanol–water partition coefficient (Wildman–Crippen LogP) is 2.80. The number of hydrogen-bond acceptors (Lipinski definition) is 3. The van der Waals surface area contributed by atoms with E-state index in [1.165, 1.54) is 12.8 Å². The smallest absolute Gasteiger partial charge is 0.272 e. The van der Waals surface area contributed by atoms with E-state index in [9.17, 15) is 4.79 Å². The molecule has 128 valence electrons. The number of nitrogens with zero attached hydrogens (tertiary/aromatic N) is 3. The summed E-state index contributed by atoms with van der Waals surface area (Å²) in [6.45, 7) is 2.97. The van der Waals surface area contributed by atoms with E-state index in [-0.39, 0.29) is 11.9 Å². The van der Waals surface area contributed by atoms with Gasteiger partial charge in [-0.25, -0.2) is 0 Å². The third kappa shape index (κ3) is 2.61. The summed E-state index contributed by atoms with van der Waals surface area (Å²) in [5, 5.41) is 8.83. The van der Waals surface area contributed by atoms with Crippen LogP contribution >= 0.6 is 0 Å². The summed E-state index contributed by atoms with van der Waals surface area (Å²) in [5.41, 5.74) is 1.62. The number of aryl methyl sites for hydroxylation is 1. The zero-order valence-electron chi connectivity index (χ0n) is 14.5. The molecule has 4 rings (SSSR count). The van der Waals surface area contributed by atoms with E-state index < -0.39 is 0 Å². The van der Waals surface area contributed by atoms with Crippen molar-refractivity contribution in [2.24, 2.45) is 0 Å². The molecule has 2 unspecified atom stereocenters. The first-order valence-corrected chi connectivity index (χ1v) is 9.15. The number of rotatable bonds is 4. The Morgan fingerprint density at radius 3 is 2.67 bits per heavy atom. The van der Waals surface area contributed by atoms with Crippen molar-refractivity contribution in [2.75, 3.05) is 7.05 Å². The molecular weight excluding hydrogens is 300 g/mol. The van der Waals surface area contributed by atoms with Gasteiger partial charge >= 0.3 is 0 Å². The van der Waals surface area contributed by atoms with Gasteiger partial charge in [0.1, 0.15) is 0 Å². The van der Waals surface area contributed by atoms with Crippen LogP contribution in [-0.4, -0.2) is 45.8 Å². The maximum absolute atomic E-state index is 12.9. The zero-order chi connectivity index (χ0) is 16.7. The van der Waals surface area contributed by atoms with E-state index >= 15 is 0 Å². The average molecular weight is 326 g/mol. The number of aromatic nitrogens is 2. The second-order valence-electron chi connectivity index (χ2n) is 7.28. The Morgan fingerprint density at radius 2 is 1.96 bits per heavy atom. The van der Waals surface area contributed by atoms with E-state index in [1.54, 1.807) is 0 Å². The van der Waals surface area contributed by atoms with Crippen LogP contribution in [0.15, 0.2) is 24.3 Å². The van der Waals surface area contributed by atoms with Crippen LogP contribution in [0, 0.1) is 0 Å². The Balaban J connectivity index is 1.56. The highest BCUT2D eigenvalue weighted by Crippen LogP contribution is 2.34. The number of piperidine rings is 1. The quantitative estimate of drug-likeness (QED) is 0.940. The normalized spacial score (nSPS) is 26.8. The van der Waals surface area contributed by atoms with Crippen LogP contribution in [0.2, 0.25) is 0 Å². The standard InChI is InChI=1S/C19H26N4O/c1-3-10-23-17-7-5-4-6-16(17)18(21-23)19(24)20-13-11-14-8-9-15(12-13)22(14)2/h4-7,13-15H,3,8-12H2,1-2H3,(H,20,24). The van der Waals surface area contributed by atoms with Crippen molar-refractivity contribution in [1.29, 1.82) is 0 Å². The van der Waals surface area contributed by atoms with Crippen molar-refractivity contribution in [3.63, 3.8) is 0 Å². The van der Waals surface area contributed by atoms with Crippen LogP contribution in [0.3, 0.4) is 0 Å². The fraction of sp³-hybridized carbons (Fsp3) is 0.579. The minimum absolute atomic E-state index is 0.0185. The number of nitrogens with one attached hydrogen (secondary N) is 1.